The number of hydrogen-bond acceptors (Lipinski definition) is 5. The average Bonchev–Trinajstić information content (AvgIpc) is 2.89. The second-order valence-electron chi connectivity index (χ2n) is 4.60. The standard InChI is InChI=1S/C12H19N3O3S/c1-18-12-7-10(4-6-14-12)8-15-19(16,17)9-11-3-2-5-13-11/h4,6-7,11,13,15H,2-3,5,8-9H2,1H3. The number of nitrogens with one attached hydrogen (secondary N) is 2. The van der Waals surface area contributed by atoms with Gasteiger partial charge in [-0.2, -0.15) is 0 Å². The van der Waals surface area contributed by atoms with Gasteiger partial charge in [0.2, 0.25) is 15.9 Å². The Kier molecular flexibility index (Phi) is 4.73. The highest BCUT2D eigenvalue weighted by Crippen LogP contribution is 2.10. The van der Waals surface area contributed by atoms with Crippen molar-refractivity contribution in [1.29, 1.82) is 0 Å². The molecular formula is C12H19N3O3S. The van der Waals surface area contributed by atoms with E-state index >= 15 is 0 Å². The van der Waals surface area contributed by atoms with E-state index in [2.05, 4.69) is 15.0 Å². The van der Waals surface area contributed by atoms with E-state index in [0.717, 1.165) is 24.9 Å². The Balaban J connectivity index is 1.89. The minimum absolute atomic E-state index is 0.0736. The normalized spacial score (nSPS) is 19.5. The van der Waals surface area contributed by atoms with Gasteiger partial charge < -0.3 is 10.1 Å². The van der Waals surface area contributed by atoms with Crippen molar-refractivity contribution in [3.63, 3.8) is 0 Å². The fraction of sp³-hybridized carbons (Fsp3) is 0.583. The van der Waals surface area contributed by atoms with E-state index in [0.29, 0.717) is 5.88 Å². The third-order valence-electron chi connectivity index (χ3n) is 3.09. The number of aromatic nitrogens is 1. The van der Waals surface area contributed by atoms with E-state index in [1.54, 1.807) is 18.3 Å². The van der Waals surface area contributed by atoms with E-state index in [1.165, 1.54) is 7.11 Å². The van der Waals surface area contributed by atoms with Crippen LogP contribution in [0.25, 0.3) is 0 Å². The van der Waals surface area contributed by atoms with Crippen molar-refractivity contribution in [3.05, 3.63) is 23.9 Å². The maximum absolute atomic E-state index is 11.9. The Morgan fingerprint density at radius 1 is 1.58 bits per heavy atom. The third-order valence-corrected chi connectivity index (χ3v) is 4.51. The Bertz CT molecular complexity index is 513. The summed E-state index contributed by atoms with van der Waals surface area (Å²) < 4.78 is 31.4. The molecule has 1 fully saturated rings. The SMILES string of the molecule is COc1cc(CNS(=O)(=O)CC2CCCN2)ccn1. The Labute approximate surface area is 113 Å². The first-order valence-electron chi connectivity index (χ1n) is 6.29. The van der Waals surface area contributed by atoms with Crippen LogP contribution in [0.5, 0.6) is 5.88 Å². The highest BCUT2D eigenvalue weighted by Gasteiger charge is 2.21. The minimum Gasteiger partial charge on any atom is -0.481 e. The third kappa shape index (κ3) is 4.45. The van der Waals surface area contributed by atoms with Gasteiger partial charge in [-0.3, -0.25) is 0 Å². The molecule has 1 aliphatic rings. The van der Waals surface area contributed by atoms with Gasteiger partial charge in [0.15, 0.2) is 0 Å². The molecule has 1 atom stereocenters. The summed E-state index contributed by atoms with van der Waals surface area (Å²) in [6, 6.07) is 3.55. The number of hydrogen-bond donors (Lipinski definition) is 2. The molecule has 2 N–H and O–H groups in total. The fourth-order valence-electron chi connectivity index (χ4n) is 2.09. The number of rotatable bonds is 6. The summed E-state index contributed by atoms with van der Waals surface area (Å²) in [5.74, 6) is 0.615. The van der Waals surface area contributed by atoms with Crippen LogP contribution in [0, 0.1) is 0 Å². The molecule has 0 aliphatic carbocycles. The molecule has 106 valence electrons. The molecule has 19 heavy (non-hydrogen) atoms. The summed E-state index contributed by atoms with van der Waals surface area (Å²) in [6.07, 6.45) is 3.56. The Hall–Kier alpha value is -1.18. The number of ether oxygens (including phenoxy) is 1. The van der Waals surface area contributed by atoms with Crippen LogP contribution >= 0.6 is 0 Å². The van der Waals surface area contributed by atoms with E-state index in [9.17, 15) is 8.42 Å². The highest BCUT2D eigenvalue weighted by molar-refractivity contribution is 7.89. The van der Waals surface area contributed by atoms with Crippen LogP contribution in [0.1, 0.15) is 18.4 Å². The predicted molar refractivity (Wildman–Crippen MR) is 72.4 cm³/mol. The quantitative estimate of drug-likeness (QED) is 0.784. The van der Waals surface area contributed by atoms with Crippen LogP contribution in [0.3, 0.4) is 0 Å². The first-order valence-corrected chi connectivity index (χ1v) is 7.94. The van der Waals surface area contributed by atoms with Gasteiger partial charge in [0.1, 0.15) is 0 Å². The van der Waals surface area contributed by atoms with Gasteiger partial charge in [-0.25, -0.2) is 18.1 Å². The summed E-state index contributed by atoms with van der Waals surface area (Å²) in [4.78, 5) is 3.98. The first kappa shape index (κ1) is 14.2. The molecule has 1 aromatic heterocycles. The lowest BCUT2D eigenvalue weighted by Crippen LogP contribution is -2.36. The van der Waals surface area contributed by atoms with Crippen molar-refractivity contribution in [2.75, 3.05) is 19.4 Å². The summed E-state index contributed by atoms with van der Waals surface area (Å²) in [5.41, 5.74) is 0.829. The lowest BCUT2D eigenvalue weighted by atomic mass is 10.3. The van der Waals surface area contributed by atoms with Gasteiger partial charge in [-0.05, 0) is 31.0 Å². The lowest BCUT2D eigenvalue weighted by molar-refractivity contribution is 0.397. The van der Waals surface area contributed by atoms with E-state index in [4.69, 9.17) is 4.74 Å². The monoisotopic (exact) mass is 285 g/mol. The van der Waals surface area contributed by atoms with Crippen LogP contribution in [-0.2, 0) is 16.6 Å². The van der Waals surface area contributed by atoms with Gasteiger partial charge in [-0.15, -0.1) is 0 Å². The van der Waals surface area contributed by atoms with Crippen LogP contribution in [0.15, 0.2) is 18.3 Å². The Morgan fingerprint density at radius 2 is 2.42 bits per heavy atom. The minimum atomic E-state index is -3.26. The van der Waals surface area contributed by atoms with Gasteiger partial charge in [0.25, 0.3) is 0 Å². The maximum atomic E-state index is 11.9. The molecule has 0 bridgehead atoms. The van der Waals surface area contributed by atoms with Crippen molar-refractivity contribution >= 4 is 10.0 Å². The molecule has 0 radical (unpaired) electrons. The zero-order chi connectivity index (χ0) is 13.7. The molecular weight excluding hydrogens is 266 g/mol. The summed E-state index contributed by atoms with van der Waals surface area (Å²) >= 11 is 0. The molecule has 1 saturated heterocycles. The van der Waals surface area contributed by atoms with Gasteiger partial charge in [-0.1, -0.05) is 0 Å². The van der Waals surface area contributed by atoms with Crippen molar-refractivity contribution in [2.45, 2.75) is 25.4 Å². The maximum Gasteiger partial charge on any atom is 0.213 e. The van der Waals surface area contributed by atoms with Gasteiger partial charge in [0, 0.05) is 24.8 Å². The molecule has 0 saturated carbocycles. The van der Waals surface area contributed by atoms with E-state index in [1.807, 2.05) is 0 Å². The average molecular weight is 285 g/mol. The molecule has 0 amide bonds. The molecule has 6 nitrogen and oxygen atoms in total. The molecule has 0 spiro atoms. The largest absolute Gasteiger partial charge is 0.481 e. The molecule has 1 unspecified atom stereocenters. The van der Waals surface area contributed by atoms with Crippen LogP contribution in [0.4, 0.5) is 0 Å². The van der Waals surface area contributed by atoms with Gasteiger partial charge >= 0.3 is 0 Å². The highest BCUT2D eigenvalue weighted by atomic mass is 32.2. The predicted octanol–water partition coefficient (Wildman–Crippen LogP) is 0.262. The van der Waals surface area contributed by atoms with Gasteiger partial charge in [0.05, 0.1) is 12.9 Å². The topological polar surface area (TPSA) is 80.3 Å². The molecule has 7 heteroatoms. The zero-order valence-corrected chi connectivity index (χ0v) is 11.7. The molecule has 0 aromatic carbocycles. The van der Waals surface area contributed by atoms with Crippen LogP contribution in [-0.4, -0.2) is 38.9 Å². The number of methoxy groups -OCH3 is 1. The van der Waals surface area contributed by atoms with Crippen LogP contribution < -0.4 is 14.8 Å². The van der Waals surface area contributed by atoms with E-state index in [-0.39, 0.29) is 18.3 Å². The fourth-order valence-corrected chi connectivity index (χ4v) is 3.41. The van der Waals surface area contributed by atoms with Crippen molar-refractivity contribution in [1.82, 2.24) is 15.0 Å². The molecule has 1 aliphatic heterocycles. The lowest BCUT2D eigenvalue weighted by Gasteiger charge is -2.12. The first-order chi connectivity index (χ1) is 9.09. The van der Waals surface area contributed by atoms with Crippen molar-refractivity contribution in [3.8, 4) is 5.88 Å². The van der Waals surface area contributed by atoms with Crippen molar-refractivity contribution < 1.29 is 13.2 Å². The Morgan fingerprint density at radius 3 is 3.11 bits per heavy atom. The smallest absolute Gasteiger partial charge is 0.213 e. The second-order valence-corrected chi connectivity index (χ2v) is 6.45. The second kappa shape index (κ2) is 6.31. The summed E-state index contributed by atoms with van der Waals surface area (Å²) in [7, 11) is -1.73. The number of pyridine rings is 1. The van der Waals surface area contributed by atoms with Crippen molar-refractivity contribution in [2.24, 2.45) is 0 Å². The molecule has 1 aromatic rings. The number of nitrogens with zero attached hydrogens (tertiary/aromatic N) is 1. The molecule has 2 rings (SSSR count). The summed E-state index contributed by atoms with van der Waals surface area (Å²) in [5, 5.41) is 3.18. The number of sulfonamides is 1. The molecule has 2 heterocycles. The van der Waals surface area contributed by atoms with E-state index < -0.39 is 10.0 Å². The summed E-state index contributed by atoms with van der Waals surface area (Å²) in [6.45, 7) is 1.16. The van der Waals surface area contributed by atoms with Crippen LogP contribution in [0.2, 0.25) is 0 Å². The zero-order valence-electron chi connectivity index (χ0n) is 10.9.